The van der Waals surface area contributed by atoms with Crippen LogP contribution in [0.25, 0.3) is 0 Å². The summed E-state index contributed by atoms with van der Waals surface area (Å²) in [7, 11) is 0. The number of nitrogens with one attached hydrogen (secondary N) is 2. The second-order valence-corrected chi connectivity index (χ2v) is 4.99. The zero-order chi connectivity index (χ0) is 13.8. The van der Waals surface area contributed by atoms with Crippen molar-refractivity contribution >= 4 is 17.5 Å². The molecule has 0 aliphatic heterocycles. The zero-order valence-electron chi connectivity index (χ0n) is 11.0. The van der Waals surface area contributed by atoms with Crippen LogP contribution in [0.2, 0.25) is 0 Å². The van der Waals surface area contributed by atoms with Crippen LogP contribution in [0.4, 0.5) is 5.69 Å². The maximum Gasteiger partial charge on any atom is 0.242 e. The van der Waals surface area contributed by atoms with Crippen LogP contribution < -0.4 is 16.4 Å². The van der Waals surface area contributed by atoms with E-state index >= 15 is 0 Å². The molecular formula is C14H19N3O2. The SMILES string of the molecule is CC(NC(=O)Cc1ccc(N)cc1)C(=O)NC1CC1. The number of amides is 2. The molecule has 2 amide bonds. The monoisotopic (exact) mass is 261 g/mol. The molecular weight excluding hydrogens is 242 g/mol. The van der Waals surface area contributed by atoms with Crippen LogP contribution in [0, 0.1) is 0 Å². The molecule has 0 radical (unpaired) electrons. The predicted molar refractivity (Wildman–Crippen MR) is 73.3 cm³/mol. The van der Waals surface area contributed by atoms with Gasteiger partial charge in [0.15, 0.2) is 0 Å². The highest BCUT2D eigenvalue weighted by atomic mass is 16.2. The summed E-state index contributed by atoms with van der Waals surface area (Å²) in [5, 5.41) is 5.55. The van der Waals surface area contributed by atoms with E-state index in [1.807, 2.05) is 12.1 Å². The number of hydrogen-bond donors (Lipinski definition) is 3. The maximum atomic E-state index is 11.8. The minimum absolute atomic E-state index is 0.117. The Morgan fingerprint density at radius 1 is 1.32 bits per heavy atom. The van der Waals surface area contributed by atoms with Gasteiger partial charge in [-0.2, -0.15) is 0 Å². The van der Waals surface area contributed by atoms with Crippen molar-refractivity contribution in [2.24, 2.45) is 0 Å². The van der Waals surface area contributed by atoms with Crippen molar-refractivity contribution in [3.05, 3.63) is 29.8 Å². The van der Waals surface area contributed by atoms with Crippen molar-refractivity contribution in [2.75, 3.05) is 5.73 Å². The largest absolute Gasteiger partial charge is 0.399 e. The predicted octanol–water partition coefficient (Wildman–Crippen LogP) is 0.595. The van der Waals surface area contributed by atoms with Crippen LogP contribution in [-0.4, -0.2) is 23.9 Å². The molecule has 1 aromatic rings. The van der Waals surface area contributed by atoms with Crippen molar-refractivity contribution in [1.29, 1.82) is 0 Å². The van der Waals surface area contributed by atoms with Gasteiger partial charge in [0, 0.05) is 11.7 Å². The molecule has 0 bridgehead atoms. The molecule has 1 fully saturated rings. The highest BCUT2D eigenvalue weighted by Gasteiger charge is 2.26. The van der Waals surface area contributed by atoms with Crippen LogP contribution in [0.15, 0.2) is 24.3 Å². The molecule has 1 unspecified atom stereocenters. The summed E-state index contributed by atoms with van der Waals surface area (Å²) in [6.45, 7) is 1.69. The molecule has 1 aromatic carbocycles. The number of rotatable bonds is 5. The Hall–Kier alpha value is -2.04. The highest BCUT2D eigenvalue weighted by Crippen LogP contribution is 2.18. The third-order valence-corrected chi connectivity index (χ3v) is 3.04. The van der Waals surface area contributed by atoms with Crippen LogP contribution in [0.3, 0.4) is 0 Å². The summed E-state index contributed by atoms with van der Waals surface area (Å²) >= 11 is 0. The molecule has 0 heterocycles. The molecule has 19 heavy (non-hydrogen) atoms. The molecule has 5 heteroatoms. The molecule has 102 valence electrons. The van der Waals surface area contributed by atoms with Crippen LogP contribution in [0.5, 0.6) is 0 Å². The lowest BCUT2D eigenvalue weighted by Gasteiger charge is -2.13. The number of benzene rings is 1. The second kappa shape index (κ2) is 5.73. The number of carbonyl (C=O) groups is 2. The van der Waals surface area contributed by atoms with E-state index in [0.29, 0.717) is 11.7 Å². The molecule has 0 spiro atoms. The van der Waals surface area contributed by atoms with E-state index in [-0.39, 0.29) is 18.2 Å². The van der Waals surface area contributed by atoms with Gasteiger partial charge < -0.3 is 16.4 Å². The van der Waals surface area contributed by atoms with Gasteiger partial charge in [-0.15, -0.1) is 0 Å². The lowest BCUT2D eigenvalue weighted by atomic mass is 10.1. The van der Waals surface area contributed by atoms with E-state index in [2.05, 4.69) is 10.6 Å². The lowest BCUT2D eigenvalue weighted by Crippen LogP contribution is -2.45. The van der Waals surface area contributed by atoms with Gasteiger partial charge in [0.25, 0.3) is 0 Å². The summed E-state index contributed by atoms with van der Waals surface area (Å²) in [5.41, 5.74) is 7.12. The molecule has 1 aliphatic carbocycles. The first-order valence-corrected chi connectivity index (χ1v) is 6.49. The summed E-state index contributed by atoms with van der Waals surface area (Å²) < 4.78 is 0. The first kappa shape index (κ1) is 13.4. The molecule has 1 atom stereocenters. The Morgan fingerprint density at radius 2 is 1.95 bits per heavy atom. The number of hydrogen-bond acceptors (Lipinski definition) is 3. The molecule has 5 nitrogen and oxygen atoms in total. The third-order valence-electron chi connectivity index (χ3n) is 3.04. The Kier molecular flexibility index (Phi) is 4.04. The van der Waals surface area contributed by atoms with E-state index in [0.717, 1.165) is 18.4 Å². The zero-order valence-corrected chi connectivity index (χ0v) is 11.0. The number of nitrogen functional groups attached to an aromatic ring is 1. The summed E-state index contributed by atoms with van der Waals surface area (Å²) in [5.74, 6) is -0.281. The van der Waals surface area contributed by atoms with Gasteiger partial charge in [-0.05, 0) is 37.5 Å². The van der Waals surface area contributed by atoms with E-state index in [9.17, 15) is 9.59 Å². The van der Waals surface area contributed by atoms with E-state index < -0.39 is 6.04 Å². The van der Waals surface area contributed by atoms with Gasteiger partial charge >= 0.3 is 0 Å². The first-order chi connectivity index (χ1) is 9.04. The average molecular weight is 261 g/mol. The van der Waals surface area contributed by atoms with Crippen molar-refractivity contribution < 1.29 is 9.59 Å². The lowest BCUT2D eigenvalue weighted by molar-refractivity contribution is -0.128. The summed E-state index contributed by atoms with van der Waals surface area (Å²) in [6, 6.07) is 6.94. The Labute approximate surface area is 112 Å². The smallest absolute Gasteiger partial charge is 0.242 e. The van der Waals surface area contributed by atoms with Crippen molar-refractivity contribution in [3.8, 4) is 0 Å². The van der Waals surface area contributed by atoms with Crippen LogP contribution in [-0.2, 0) is 16.0 Å². The first-order valence-electron chi connectivity index (χ1n) is 6.49. The van der Waals surface area contributed by atoms with Crippen molar-refractivity contribution in [2.45, 2.75) is 38.3 Å². The van der Waals surface area contributed by atoms with Gasteiger partial charge in [-0.25, -0.2) is 0 Å². The minimum atomic E-state index is -0.498. The molecule has 0 aromatic heterocycles. The Bertz CT molecular complexity index is 466. The maximum absolute atomic E-state index is 11.8. The van der Waals surface area contributed by atoms with Gasteiger partial charge in [0.1, 0.15) is 6.04 Å². The fraction of sp³-hybridized carbons (Fsp3) is 0.429. The second-order valence-electron chi connectivity index (χ2n) is 4.99. The fourth-order valence-electron chi connectivity index (χ4n) is 1.73. The summed E-state index contributed by atoms with van der Waals surface area (Å²) in [4.78, 5) is 23.5. The normalized spacial score (nSPS) is 15.6. The third kappa shape index (κ3) is 4.28. The Morgan fingerprint density at radius 3 is 2.53 bits per heavy atom. The number of carbonyl (C=O) groups excluding carboxylic acids is 2. The van der Waals surface area contributed by atoms with Gasteiger partial charge in [-0.1, -0.05) is 12.1 Å². The quantitative estimate of drug-likeness (QED) is 0.678. The molecule has 2 rings (SSSR count). The van der Waals surface area contributed by atoms with Gasteiger partial charge in [0.2, 0.25) is 11.8 Å². The molecule has 4 N–H and O–H groups in total. The van der Waals surface area contributed by atoms with Crippen LogP contribution in [0.1, 0.15) is 25.3 Å². The molecule has 1 aliphatic rings. The topological polar surface area (TPSA) is 84.2 Å². The molecule has 1 saturated carbocycles. The minimum Gasteiger partial charge on any atom is -0.399 e. The van der Waals surface area contributed by atoms with Gasteiger partial charge in [-0.3, -0.25) is 9.59 Å². The van der Waals surface area contributed by atoms with Crippen LogP contribution >= 0.6 is 0 Å². The number of anilines is 1. The van der Waals surface area contributed by atoms with E-state index in [1.165, 1.54) is 0 Å². The summed E-state index contributed by atoms with van der Waals surface area (Å²) in [6.07, 6.45) is 2.33. The highest BCUT2D eigenvalue weighted by molar-refractivity contribution is 5.88. The average Bonchev–Trinajstić information content (AvgIpc) is 3.16. The van der Waals surface area contributed by atoms with E-state index in [1.54, 1.807) is 19.1 Å². The molecule has 0 saturated heterocycles. The van der Waals surface area contributed by atoms with Gasteiger partial charge in [0.05, 0.1) is 6.42 Å². The van der Waals surface area contributed by atoms with Crippen molar-refractivity contribution in [3.63, 3.8) is 0 Å². The van der Waals surface area contributed by atoms with E-state index in [4.69, 9.17) is 5.73 Å². The van der Waals surface area contributed by atoms with Crippen molar-refractivity contribution in [1.82, 2.24) is 10.6 Å². The Balaban J connectivity index is 1.79. The standard InChI is InChI=1S/C14H19N3O2/c1-9(14(19)17-12-6-7-12)16-13(18)8-10-2-4-11(15)5-3-10/h2-5,9,12H,6-8,15H2,1H3,(H,16,18)(H,17,19). The fourth-order valence-corrected chi connectivity index (χ4v) is 1.73. The number of nitrogens with two attached hydrogens (primary N) is 1.